The molecule has 4 atom stereocenters. The lowest BCUT2D eigenvalue weighted by atomic mass is 9.83. The van der Waals surface area contributed by atoms with Gasteiger partial charge in [-0.15, -0.1) is 0 Å². The van der Waals surface area contributed by atoms with Gasteiger partial charge in [-0.2, -0.15) is 5.01 Å². The van der Waals surface area contributed by atoms with Crippen LogP contribution in [0.2, 0.25) is 0 Å². The summed E-state index contributed by atoms with van der Waals surface area (Å²) < 4.78 is 31.2. The first-order valence-corrected chi connectivity index (χ1v) is 12.5. The van der Waals surface area contributed by atoms with Gasteiger partial charge < -0.3 is 28.4 Å². The van der Waals surface area contributed by atoms with E-state index in [1.54, 1.807) is 24.3 Å². The number of benzene rings is 1. The zero-order valence-corrected chi connectivity index (χ0v) is 23.5. The van der Waals surface area contributed by atoms with Crippen LogP contribution in [0.4, 0.5) is 0 Å². The average molecular weight is 577 g/mol. The number of hydrogen-bond donors (Lipinski definition) is 0. The SMILES string of the molecule is COC(=O)C[C@@]1(C(=O)OC)C(C(=O)OC)=C(C(=O)OC)N2C(=O)C[C@H]([C@@H](OCc3ccccc3)[C@H](C)OC(C)=O)N21. The van der Waals surface area contributed by atoms with Crippen LogP contribution in [0.25, 0.3) is 0 Å². The lowest BCUT2D eigenvalue weighted by Crippen LogP contribution is -2.63. The van der Waals surface area contributed by atoms with Gasteiger partial charge in [0.15, 0.2) is 11.2 Å². The summed E-state index contributed by atoms with van der Waals surface area (Å²) in [6.07, 6.45) is -3.38. The highest BCUT2D eigenvalue weighted by molar-refractivity contribution is 6.12. The number of methoxy groups -OCH3 is 4. The first-order chi connectivity index (χ1) is 19.5. The molecule has 41 heavy (non-hydrogen) atoms. The maximum Gasteiger partial charge on any atom is 0.356 e. The molecule has 1 amide bonds. The fourth-order valence-electron chi connectivity index (χ4n) is 5.17. The smallest absolute Gasteiger partial charge is 0.356 e. The van der Waals surface area contributed by atoms with Gasteiger partial charge in [0.1, 0.15) is 17.8 Å². The maximum atomic E-state index is 13.7. The second-order valence-corrected chi connectivity index (χ2v) is 9.21. The molecule has 0 saturated carbocycles. The molecular weight excluding hydrogens is 544 g/mol. The number of nitrogens with zero attached hydrogens (tertiary/aromatic N) is 2. The molecule has 0 aromatic heterocycles. The highest BCUT2D eigenvalue weighted by Crippen LogP contribution is 2.49. The van der Waals surface area contributed by atoms with Crippen LogP contribution in [-0.2, 0) is 63.8 Å². The van der Waals surface area contributed by atoms with Gasteiger partial charge in [0.25, 0.3) is 0 Å². The van der Waals surface area contributed by atoms with Crippen molar-refractivity contribution < 1.29 is 57.2 Å². The van der Waals surface area contributed by atoms with Crippen LogP contribution in [0.1, 0.15) is 32.3 Å². The number of hydrogen-bond acceptors (Lipinski definition) is 13. The Hall–Kier alpha value is -4.30. The van der Waals surface area contributed by atoms with Crippen molar-refractivity contribution in [3.8, 4) is 0 Å². The van der Waals surface area contributed by atoms with Gasteiger partial charge >= 0.3 is 29.8 Å². The Balaban J connectivity index is 2.29. The minimum absolute atomic E-state index is 0.000978. The second-order valence-electron chi connectivity index (χ2n) is 9.21. The van der Waals surface area contributed by atoms with E-state index < -0.39 is 77.2 Å². The molecule has 2 aliphatic heterocycles. The molecule has 14 nitrogen and oxygen atoms in total. The van der Waals surface area contributed by atoms with Gasteiger partial charge in [-0.3, -0.25) is 14.4 Å². The van der Waals surface area contributed by atoms with E-state index in [1.807, 2.05) is 6.07 Å². The molecule has 1 aromatic rings. The van der Waals surface area contributed by atoms with E-state index in [-0.39, 0.29) is 13.0 Å². The van der Waals surface area contributed by atoms with E-state index in [9.17, 15) is 28.8 Å². The molecule has 14 heteroatoms. The first kappa shape index (κ1) is 31.2. The van der Waals surface area contributed by atoms with Crippen molar-refractivity contribution >= 4 is 35.8 Å². The van der Waals surface area contributed by atoms with Crippen LogP contribution >= 0.6 is 0 Å². The Kier molecular flexibility index (Phi) is 9.83. The van der Waals surface area contributed by atoms with E-state index in [0.717, 1.165) is 44.0 Å². The molecule has 2 heterocycles. The first-order valence-electron chi connectivity index (χ1n) is 12.5. The molecule has 0 aliphatic carbocycles. The molecule has 3 rings (SSSR count). The third kappa shape index (κ3) is 5.79. The van der Waals surface area contributed by atoms with Crippen molar-refractivity contribution in [3.05, 3.63) is 47.2 Å². The molecule has 0 N–H and O–H groups in total. The summed E-state index contributed by atoms with van der Waals surface area (Å²) in [7, 11) is 4.08. The van der Waals surface area contributed by atoms with E-state index in [0.29, 0.717) is 0 Å². The third-order valence-electron chi connectivity index (χ3n) is 6.80. The molecule has 1 fully saturated rings. The monoisotopic (exact) mass is 576 g/mol. The number of ether oxygens (including phenoxy) is 6. The maximum absolute atomic E-state index is 13.7. The Morgan fingerprint density at radius 2 is 1.59 bits per heavy atom. The Bertz CT molecular complexity index is 1250. The van der Waals surface area contributed by atoms with Crippen molar-refractivity contribution in [2.24, 2.45) is 0 Å². The van der Waals surface area contributed by atoms with Crippen molar-refractivity contribution in [3.63, 3.8) is 0 Å². The minimum Gasteiger partial charge on any atom is -0.469 e. The summed E-state index contributed by atoms with van der Waals surface area (Å²) in [6, 6.07) is 7.80. The molecule has 2 aliphatic rings. The average Bonchev–Trinajstić information content (AvgIpc) is 3.45. The summed E-state index contributed by atoms with van der Waals surface area (Å²) in [5.41, 5.74) is -2.99. The van der Waals surface area contributed by atoms with Crippen molar-refractivity contribution in [2.75, 3.05) is 28.4 Å². The van der Waals surface area contributed by atoms with Gasteiger partial charge in [0.05, 0.1) is 47.5 Å². The van der Waals surface area contributed by atoms with Crippen LogP contribution in [0.15, 0.2) is 41.6 Å². The molecule has 1 aromatic carbocycles. The van der Waals surface area contributed by atoms with Crippen molar-refractivity contribution in [1.82, 2.24) is 10.0 Å². The zero-order chi connectivity index (χ0) is 30.5. The fourth-order valence-corrected chi connectivity index (χ4v) is 5.17. The van der Waals surface area contributed by atoms with Crippen LogP contribution in [-0.4, -0.2) is 98.0 Å². The van der Waals surface area contributed by atoms with Gasteiger partial charge in [0.2, 0.25) is 5.91 Å². The summed E-state index contributed by atoms with van der Waals surface area (Å²) >= 11 is 0. The Morgan fingerprint density at radius 1 is 0.951 bits per heavy atom. The zero-order valence-electron chi connectivity index (χ0n) is 23.5. The third-order valence-corrected chi connectivity index (χ3v) is 6.80. The van der Waals surface area contributed by atoms with Gasteiger partial charge in [-0.05, 0) is 12.5 Å². The number of esters is 5. The van der Waals surface area contributed by atoms with Gasteiger partial charge in [0, 0.05) is 13.3 Å². The number of fused-ring (bicyclic) bond motifs is 1. The van der Waals surface area contributed by atoms with E-state index in [2.05, 4.69) is 0 Å². The minimum atomic E-state index is -2.43. The van der Waals surface area contributed by atoms with Crippen LogP contribution in [0.3, 0.4) is 0 Å². The number of amides is 1. The summed E-state index contributed by atoms with van der Waals surface area (Å²) in [5, 5.41) is 1.87. The molecule has 1 saturated heterocycles. The molecule has 0 radical (unpaired) electrons. The lowest BCUT2D eigenvalue weighted by molar-refractivity contribution is -0.183. The normalized spacial score (nSPS) is 21.6. The second kappa shape index (κ2) is 12.9. The summed E-state index contributed by atoms with van der Waals surface area (Å²) in [6.45, 7) is 2.71. The van der Waals surface area contributed by atoms with Crippen molar-refractivity contribution in [2.45, 2.75) is 57.1 Å². The van der Waals surface area contributed by atoms with Crippen LogP contribution in [0, 0.1) is 0 Å². The van der Waals surface area contributed by atoms with E-state index in [4.69, 9.17) is 28.4 Å². The number of rotatable bonds is 11. The molecule has 222 valence electrons. The number of carbonyl (C=O) groups is 6. The van der Waals surface area contributed by atoms with Gasteiger partial charge in [-0.1, -0.05) is 30.3 Å². The van der Waals surface area contributed by atoms with Crippen LogP contribution in [0.5, 0.6) is 0 Å². The molecule has 0 unspecified atom stereocenters. The quantitative estimate of drug-likeness (QED) is 0.263. The molecule has 0 spiro atoms. The molecule has 0 bridgehead atoms. The highest BCUT2D eigenvalue weighted by atomic mass is 16.6. The number of carbonyl (C=O) groups excluding carboxylic acids is 6. The Morgan fingerprint density at radius 3 is 2.12 bits per heavy atom. The highest BCUT2D eigenvalue weighted by Gasteiger charge is 2.69. The fraction of sp³-hybridized carbons (Fsp3) is 0.481. The van der Waals surface area contributed by atoms with E-state index >= 15 is 0 Å². The topological polar surface area (TPSA) is 164 Å². The Labute approximate surface area is 236 Å². The van der Waals surface area contributed by atoms with E-state index in [1.165, 1.54) is 13.8 Å². The number of hydrazine groups is 1. The summed E-state index contributed by atoms with van der Waals surface area (Å²) in [4.78, 5) is 78.3. The predicted octanol–water partition coefficient (Wildman–Crippen LogP) is 0.430. The largest absolute Gasteiger partial charge is 0.469 e. The van der Waals surface area contributed by atoms with Gasteiger partial charge in [-0.25, -0.2) is 19.4 Å². The van der Waals surface area contributed by atoms with Crippen molar-refractivity contribution in [1.29, 1.82) is 0 Å². The predicted molar refractivity (Wildman–Crippen MR) is 136 cm³/mol. The summed E-state index contributed by atoms with van der Waals surface area (Å²) in [5.74, 6) is -5.89. The standard InChI is InChI=1S/C27H32N2O12/c1-15(41-16(2)30)23(40-14-17-10-8-7-9-11-17)18-12-19(31)28-22(25(34)38-5)21(24(33)37-4)27(29(18)28,26(35)39-6)13-20(32)36-3/h7-11,15,18,23H,12-14H2,1-6H3/t15-,18+,23-,27-/m0/s1. The molecular formula is C27H32N2O12. The van der Waals surface area contributed by atoms with Crippen LogP contribution < -0.4 is 0 Å². The lowest BCUT2D eigenvalue weighted by Gasteiger charge is -2.42.